The molecule has 1 unspecified atom stereocenters. The van der Waals surface area contributed by atoms with Gasteiger partial charge in [-0.25, -0.2) is 4.39 Å². The van der Waals surface area contributed by atoms with Gasteiger partial charge < -0.3 is 20.0 Å². The number of benzene rings is 3. The van der Waals surface area contributed by atoms with Gasteiger partial charge in [0.25, 0.3) is 0 Å². The van der Waals surface area contributed by atoms with E-state index in [1.54, 1.807) is 12.1 Å². The number of rotatable bonds is 4. The molecule has 3 aromatic rings. The Morgan fingerprint density at radius 2 is 1.74 bits per heavy atom. The number of aldehydes is 1. The minimum Gasteiger partial charge on any atom is -0.400 e. The van der Waals surface area contributed by atoms with E-state index in [0.29, 0.717) is 12.3 Å². The van der Waals surface area contributed by atoms with Gasteiger partial charge in [0.15, 0.2) is 0 Å². The fourth-order valence-corrected chi connectivity index (χ4v) is 3.94. The summed E-state index contributed by atoms with van der Waals surface area (Å²) in [6.45, 7) is 3.06. The smallest absolute Gasteiger partial charge is 0.126 e. The first-order valence-corrected chi connectivity index (χ1v) is 11.9. The first-order valence-electron chi connectivity index (χ1n) is 11.5. The van der Waals surface area contributed by atoms with Crippen molar-refractivity contribution in [3.8, 4) is 0 Å². The summed E-state index contributed by atoms with van der Waals surface area (Å²) in [6.07, 6.45) is 4.81. The molecule has 0 saturated heterocycles. The van der Waals surface area contributed by atoms with Crippen LogP contribution in [0.25, 0.3) is 0 Å². The number of aliphatic hydroxyl groups excluding tert-OH is 1. The Balaban J connectivity index is 0.000000322. The van der Waals surface area contributed by atoms with Crippen molar-refractivity contribution in [2.45, 2.75) is 45.4 Å². The Kier molecular flexibility index (Phi) is 14.2. The standard InChI is InChI=1S/C17H18ClN.C8H7FO.C3H6O.CH4O/c1-19-15-9-8-12-4-3-7-16(17(12)11-15)13-5-2-6-14(18)10-13;9-8-3-1-7(2-4-8)5-6-10;1-3(2)4;1-2/h2,5-6,8-11,16,19H,3-4,7H2,1H3;1-4,6H,5H2;1-2H3;2H,1H3. The second-order valence-corrected chi connectivity index (χ2v) is 8.51. The number of carbonyl (C=O) groups is 2. The number of hydrogen-bond acceptors (Lipinski definition) is 4. The molecule has 0 aromatic heterocycles. The van der Waals surface area contributed by atoms with E-state index < -0.39 is 0 Å². The summed E-state index contributed by atoms with van der Waals surface area (Å²) in [5.74, 6) is 0.380. The van der Waals surface area contributed by atoms with E-state index in [4.69, 9.17) is 16.7 Å². The number of fused-ring (bicyclic) bond motifs is 1. The summed E-state index contributed by atoms with van der Waals surface area (Å²) < 4.78 is 12.2. The van der Waals surface area contributed by atoms with Gasteiger partial charge in [-0.1, -0.05) is 41.9 Å². The van der Waals surface area contributed by atoms with Gasteiger partial charge in [-0.3, -0.25) is 0 Å². The third-order valence-corrected chi connectivity index (χ3v) is 5.47. The molecular formula is C29H35ClFNO3. The van der Waals surface area contributed by atoms with Crippen molar-refractivity contribution in [1.82, 2.24) is 0 Å². The highest BCUT2D eigenvalue weighted by Crippen LogP contribution is 2.38. The molecule has 0 fully saturated rings. The summed E-state index contributed by atoms with van der Waals surface area (Å²) in [5, 5.41) is 11.1. The zero-order valence-electron chi connectivity index (χ0n) is 20.9. The molecule has 0 aliphatic heterocycles. The lowest BCUT2D eigenvalue weighted by Crippen LogP contribution is -2.11. The number of anilines is 1. The van der Waals surface area contributed by atoms with E-state index in [2.05, 4.69) is 35.6 Å². The summed E-state index contributed by atoms with van der Waals surface area (Å²) in [7, 11) is 2.97. The van der Waals surface area contributed by atoms with Crippen molar-refractivity contribution in [3.05, 3.63) is 99.8 Å². The zero-order chi connectivity index (χ0) is 26.2. The molecule has 35 heavy (non-hydrogen) atoms. The van der Waals surface area contributed by atoms with E-state index in [1.807, 2.05) is 19.2 Å². The largest absolute Gasteiger partial charge is 0.400 e. The SMILES string of the molecule is CC(C)=O.CNc1ccc2c(c1)C(c1cccc(Cl)c1)CCC2.CO.O=CCc1ccc(F)cc1. The van der Waals surface area contributed by atoms with E-state index in [9.17, 15) is 14.0 Å². The highest BCUT2D eigenvalue weighted by Gasteiger charge is 2.22. The molecule has 4 nitrogen and oxygen atoms in total. The number of Topliss-reactive ketones (excluding diaryl/α,β-unsaturated/α-hetero) is 1. The number of ketones is 1. The van der Waals surface area contributed by atoms with Gasteiger partial charge in [-0.05, 0) is 91.8 Å². The lowest BCUT2D eigenvalue weighted by atomic mass is 9.79. The van der Waals surface area contributed by atoms with Crippen LogP contribution in [0.15, 0.2) is 66.7 Å². The summed E-state index contributed by atoms with van der Waals surface area (Å²) in [6, 6.07) is 20.9. The van der Waals surface area contributed by atoms with Crippen LogP contribution in [0.3, 0.4) is 0 Å². The van der Waals surface area contributed by atoms with Crippen LogP contribution in [0.5, 0.6) is 0 Å². The van der Waals surface area contributed by atoms with Gasteiger partial charge in [0.2, 0.25) is 0 Å². The predicted molar refractivity (Wildman–Crippen MR) is 143 cm³/mol. The molecule has 1 aliphatic rings. The fraction of sp³-hybridized carbons (Fsp3) is 0.310. The van der Waals surface area contributed by atoms with E-state index in [1.165, 1.54) is 67.6 Å². The molecule has 6 heteroatoms. The predicted octanol–water partition coefficient (Wildman–Crippen LogP) is 6.62. The van der Waals surface area contributed by atoms with Crippen LogP contribution in [-0.4, -0.2) is 31.3 Å². The van der Waals surface area contributed by atoms with Crippen LogP contribution < -0.4 is 5.32 Å². The van der Waals surface area contributed by atoms with Crippen LogP contribution in [0.1, 0.15) is 54.9 Å². The molecule has 0 radical (unpaired) electrons. The van der Waals surface area contributed by atoms with Gasteiger partial charge >= 0.3 is 0 Å². The number of nitrogens with one attached hydrogen (secondary N) is 1. The molecule has 0 spiro atoms. The molecule has 4 rings (SSSR count). The molecule has 0 bridgehead atoms. The molecule has 0 saturated carbocycles. The number of aryl methyl sites for hydroxylation is 1. The molecule has 0 amide bonds. The topological polar surface area (TPSA) is 66.4 Å². The van der Waals surface area contributed by atoms with Crippen LogP contribution in [0.2, 0.25) is 5.02 Å². The van der Waals surface area contributed by atoms with Gasteiger partial charge in [0, 0.05) is 37.2 Å². The van der Waals surface area contributed by atoms with Crippen molar-refractivity contribution in [3.63, 3.8) is 0 Å². The Labute approximate surface area is 213 Å². The maximum Gasteiger partial charge on any atom is 0.126 e. The van der Waals surface area contributed by atoms with Crippen molar-refractivity contribution in [2.75, 3.05) is 19.5 Å². The average Bonchev–Trinajstić information content (AvgIpc) is 2.86. The Morgan fingerprint density at radius 1 is 1.09 bits per heavy atom. The summed E-state index contributed by atoms with van der Waals surface area (Å²) in [4.78, 5) is 19.4. The van der Waals surface area contributed by atoms with Crippen LogP contribution >= 0.6 is 11.6 Å². The van der Waals surface area contributed by atoms with Gasteiger partial charge in [-0.2, -0.15) is 0 Å². The lowest BCUT2D eigenvalue weighted by Gasteiger charge is -2.26. The third kappa shape index (κ3) is 10.8. The van der Waals surface area contributed by atoms with E-state index in [-0.39, 0.29) is 11.6 Å². The number of halogens is 2. The maximum atomic E-state index is 12.2. The highest BCUT2D eigenvalue weighted by atomic mass is 35.5. The minimum atomic E-state index is -0.269. The van der Waals surface area contributed by atoms with Crippen molar-refractivity contribution >= 4 is 29.4 Å². The van der Waals surface area contributed by atoms with Crippen LogP contribution in [0, 0.1) is 5.82 Å². The molecule has 1 aliphatic carbocycles. The molecule has 2 N–H and O–H groups in total. The second-order valence-electron chi connectivity index (χ2n) is 8.07. The first kappa shape index (κ1) is 30.0. The fourth-order valence-electron chi connectivity index (χ4n) is 3.74. The molecule has 1 atom stereocenters. The molecule has 0 heterocycles. The molecular weight excluding hydrogens is 465 g/mol. The third-order valence-electron chi connectivity index (χ3n) is 5.23. The summed E-state index contributed by atoms with van der Waals surface area (Å²) >= 11 is 6.14. The van der Waals surface area contributed by atoms with Crippen LogP contribution in [0.4, 0.5) is 10.1 Å². The Bertz CT molecular complexity index is 1050. The van der Waals surface area contributed by atoms with E-state index >= 15 is 0 Å². The van der Waals surface area contributed by atoms with Gasteiger partial charge in [0.05, 0.1) is 0 Å². The quantitative estimate of drug-likeness (QED) is 0.396. The molecule has 188 valence electrons. The highest BCUT2D eigenvalue weighted by molar-refractivity contribution is 6.30. The Morgan fingerprint density at radius 3 is 2.31 bits per heavy atom. The van der Waals surface area contributed by atoms with Crippen LogP contribution in [-0.2, 0) is 22.4 Å². The van der Waals surface area contributed by atoms with Crippen molar-refractivity contribution in [1.29, 1.82) is 0 Å². The number of aliphatic hydroxyl groups is 1. The lowest BCUT2D eigenvalue weighted by molar-refractivity contribution is -0.115. The van der Waals surface area contributed by atoms with Crippen molar-refractivity contribution in [2.24, 2.45) is 0 Å². The van der Waals surface area contributed by atoms with Gasteiger partial charge in [0.1, 0.15) is 17.9 Å². The molecule has 3 aromatic carbocycles. The first-order chi connectivity index (χ1) is 16.8. The van der Waals surface area contributed by atoms with E-state index in [0.717, 1.165) is 24.0 Å². The monoisotopic (exact) mass is 499 g/mol. The van der Waals surface area contributed by atoms with Crippen molar-refractivity contribution < 1.29 is 19.1 Å². The normalized spacial score (nSPS) is 13.3. The number of hydrogen-bond donors (Lipinski definition) is 2. The maximum absolute atomic E-state index is 12.2. The Hall–Kier alpha value is -3.02. The number of carbonyl (C=O) groups excluding carboxylic acids is 2. The minimum absolute atomic E-state index is 0.167. The average molecular weight is 500 g/mol. The zero-order valence-corrected chi connectivity index (χ0v) is 21.6. The second kappa shape index (κ2) is 16.6. The summed E-state index contributed by atoms with van der Waals surface area (Å²) in [5.41, 5.74) is 6.31. The van der Waals surface area contributed by atoms with Gasteiger partial charge in [-0.15, -0.1) is 0 Å².